The van der Waals surface area contributed by atoms with E-state index in [0.29, 0.717) is 42.3 Å². The predicted octanol–water partition coefficient (Wildman–Crippen LogP) is 5.93. The van der Waals surface area contributed by atoms with Gasteiger partial charge in [-0.15, -0.1) is 0 Å². The Bertz CT molecular complexity index is 1120. The molecule has 0 aliphatic heterocycles. The average molecular weight is 472 g/mol. The largest absolute Gasteiger partial charge is 0.488 e. The van der Waals surface area contributed by atoms with Gasteiger partial charge in [-0.1, -0.05) is 44.2 Å². The van der Waals surface area contributed by atoms with E-state index in [1.807, 2.05) is 66.4 Å². The summed E-state index contributed by atoms with van der Waals surface area (Å²) in [6.45, 7) is 7.72. The predicted molar refractivity (Wildman–Crippen MR) is 140 cm³/mol. The van der Waals surface area contributed by atoms with Crippen molar-refractivity contribution < 1.29 is 14.3 Å². The molecule has 3 aromatic rings. The van der Waals surface area contributed by atoms with Crippen molar-refractivity contribution in [2.24, 2.45) is 0 Å². The summed E-state index contributed by atoms with van der Waals surface area (Å²) in [6.07, 6.45) is 4.95. The van der Waals surface area contributed by atoms with Crippen LogP contribution in [0, 0.1) is 0 Å². The zero-order valence-electron chi connectivity index (χ0n) is 20.7. The Labute approximate surface area is 207 Å². The number of hydrogen-bond donors (Lipinski definition) is 1. The summed E-state index contributed by atoms with van der Waals surface area (Å²) >= 11 is 0. The highest BCUT2D eigenvalue weighted by atomic mass is 16.5. The van der Waals surface area contributed by atoms with Crippen molar-refractivity contribution in [2.45, 2.75) is 40.2 Å². The molecule has 0 saturated carbocycles. The van der Waals surface area contributed by atoms with Crippen LogP contribution in [0.5, 0.6) is 0 Å². The van der Waals surface area contributed by atoms with Crippen molar-refractivity contribution >= 4 is 23.3 Å². The standard InChI is InChI=1S/C29H33N3O3/c1-4-19-32(20-5-2)29(34)22(3)27(35-21-23-9-7-6-8-10-23)24-11-13-26(14-12-24)31-28(33)25-15-17-30-18-16-25/h6-18H,4-5,19-21H2,1-3H3,(H,31,33)/b27-22+. The van der Waals surface area contributed by atoms with Crippen molar-refractivity contribution in [3.05, 3.63) is 101 Å². The molecule has 6 nitrogen and oxygen atoms in total. The van der Waals surface area contributed by atoms with Gasteiger partial charge in [0, 0.05) is 42.3 Å². The molecule has 35 heavy (non-hydrogen) atoms. The van der Waals surface area contributed by atoms with Crippen molar-refractivity contribution in [3.8, 4) is 0 Å². The maximum Gasteiger partial charge on any atom is 0.255 e. The number of aromatic nitrogens is 1. The number of ether oxygens (including phenoxy) is 1. The maximum atomic E-state index is 13.3. The highest BCUT2D eigenvalue weighted by Gasteiger charge is 2.20. The molecular formula is C29H33N3O3. The SMILES string of the molecule is CCCN(CCC)C(=O)/C(C)=C(/OCc1ccccc1)c1ccc(NC(=O)c2ccncc2)cc1. The molecule has 0 aliphatic rings. The van der Waals surface area contributed by atoms with E-state index in [9.17, 15) is 9.59 Å². The van der Waals surface area contributed by atoms with Crippen LogP contribution < -0.4 is 5.32 Å². The number of carbonyl (C=O) groups is 2. The van der Waals surface area contributed by atoms with E-state index in [2.05, 4.69) is 24.1 Å². The molecule has 0 atom stereocenters. The highest BCUT2D eigenvalue weighted by Crippen LogP contribution is 2.25. The molecule has 182 valence electrons. The second-order valence-corrected chi connectivity index (χ2v) is 8.29. The maximum absolute atomic E-state index is 13.3. The lowest BCUT2D eigenvalue weighted by Gasteiger charge is -2.23. The van der Waals surface area contributed by atoms with Crippen molar-refractivity contribution in [3.63, 3.8) is 0 Å². The Hall–Kier alpha value is -3.93. The molecule has 1 N–H and O–H groups in total. The van der Waals surface area contributed by atoms with Gasteiger partial charge in [-0.3, -0.25) is 14.6 Å². The van der Waals surface area contributed by atoms with E-state index in [1.54, 1.807) is 24.5 Å². The monoisotopic (exact) mass is 471 g/mol. The molecule has 1 aromatic heterocycles. The molecule has 0 aliphatic carbocycles. The number of anilines is 1. The Morgan fingerprint density at radius 3 is 2.09 bits per heavy atom. The van der Waals surface area contributed by atoms with Gasteiger partial charge in [-0.2, -0.15) is 0 Å². The molecule has 2 aromatic carbocycles. The average Bonchev–Trinajstić information content (AvgIpc) is 2.90. The molecule has 1 heterocycles. The molecule has 3 rings (SSSR count). The van der Waals surface area contributed by atoms with Gasteiger partial charge in [0.15, 0.2) is 0 Å². The first-order chi connectivity index (χ1) is 17.0. The molecular weight excluding hydrogens is 438 g/mol. The Kier molecular flexibility index (Phi) is 9.60. The zero-order valence-corrected chi connectivity index (χ0v) is 20.7. The van der Waals surface area contributed by atoms with Gasteiger partial charge in [0.1, 0.15) is 12.4 Å². The molecule has 2 amide bonds. The highest BCUT2D eigenvalue weighted by molar-refractivity contribution is 6.04. The van der Waals surface area contributed by atoms with Crippen molar-refractivity contribution in [1.82, 2.24) is 9.88 Å². The van der Waals surface area contributed by atoms with E-state index < -0.39 is 0 Å². The van der Waals surface area contributed by atoms with E-state index in [-0.39, 0.29) is 11.8 Å². The lowest BCUT2D eigenvalue weighted by molar-refractivity contribution is -0.127. The van der Waals surface area contributed by atoms with Gasteiger partial charge in [0.05, 0.1) is 5.57 Å². The molecule has 0 fully saturated rings. The summed E-state index contributed by atoms with van der Waals surface area (Å²) in [5, 5.41) is 2.89. The number of nitrogens with zero attached hydrogens (tertiary/aromatic N) is 2. The van der Waals surface area contributed by atoms with E-state index >= 15 is 0 Å². The second-order valence-electron chi connectivity index (χ2n) is 8.29. The van der Waals surface area contributed by atoms with Crippen LogP contribution in [0.15, 0.2) is 84.7 Å². The first-order valence-corrected chi connectivity index (χ1v) is 12.0. The lowest BCUT2D eigenvalue weighted by atomic mass is 10.1. The minimum absolute atomic E-state index is 0.0215. The first-order valence-electron chi connectivity index (χ1n) is 12.0. The Morgan fingerprint density at radius 2 is 1.49 bits per heavy atom. The third-order valence-electron chi connectivity index (χ3n) is 5.51. The van der Waals surface area contributed by atoms with Crippen molar-refractivity contribution in [2.75, 3.05) is 18.4 Å². The quantitative estimate of drug-likeness (QED) is 0.278. The minimum atomic E-state index is -0.211. The number of pyridine rings is 1. The van der Waals surface area contributed by atoms with Gasteiger partial charge in [-0.05, 0) is 61.7 Å². The van der Waals surface area contributed by atoms with Crippen molar-refractivity contribution in [1.29, 1.82) is 0 Å². The first kappa shape index (κ1) is 25.7. The smallest absolute Gasteiger partial charge is 0.255 e. The summed E-state index contributed by atoms with van der Waals surface area (Å²) in [5.74, 6) is 0.312. The summed E-state index contributed by atoms with van der Waals surface area (Å²) in [6, 6.07) is 20.6. The number of benzene rings is 2. The Morgan fingerprint density at radius 1 is 0.857 bits per heavy atom. The van der Waals surface area contributed by atoms with E-state index in [1.165, 1.54) is 0 Å². The lowest BCUT2D eigenvalue weighted by Crippen LogP contribution is -2.33. The number of hydrogen-bond acceptors (Lipinski definition) is 4. The third-order valence-corrected chi connectivity index (χ3v) is 5.51. The number of nitrogens with one attached hydrogen (secondary N) is 1. The van der Waals surface area contributed by atoms with E-state index in [4.69, 9.17) is 4.74 Å². The van der Waals surface area contributed by atoms with Crippen LogP contribution in [0.1, 0.15) is 55.1 Å². The molecule has 0 saturated heterocycles. The molecule has 6 heteroatoms. The number of amides is 2. The zero-order chi connectivity index (χ0) is 25.0. The second kappa shape index (κ2) is 13.1. The van der Waals surface area contributed by atoms with Gasteiger partial charge >= 0.3 is 0 Å². The summed E-state index contributed by atoms with van der Waals surface area (Å²) in [4.78, 5) is 31.6. The molecule has 0 bridgehead atoms. The molecule has 0 radical (unpaired) electrons. The van der Waals surface area contributed by atoms with Gasteiger partial charge in [-0.25, -0.2) is 0 Å². The van der Waals surface area contributed by atoms with Crippen LogP contribution in [-0.4, -0.2) is 34.8 Å². The summed E-state index contributed by atoms with van der Waals surface area (Å²) < 4.78 is 6.23. The van der Waals surface area contributed by atoms with Crippen LogP contribution >= 0.6 is 0 Å². The molecule has 0 spiro atoms. The van der Waals surface area contributed by atoms with Gasteiger partial charge in [0.2, 0.25) is 0 Å². The number of rotatable bonds is 11. The third kappa shape index (κ3) is 7.27. The minimum Gasteiger partial charge on any atom is -0.488 e. The van der Waals surface area contributed by atoms with Gasteiger partial charge < -0.3 is 15.0 Å². The molecule has 0 unspecified atom stereocenters. The normalized spacial score (nSPS) is 11.4. The van der Waals surface area contributed by atoms with Crippen LogP contribution in [0.4, 0.5) is 5.69 Å². The van der Waals surface area contributed by atoms with E-state index in [0.717, 1.165) is 24.0 Å². The fourth-order valence-electron chi connectivity index (χ4n) is 3.74. The van der Waals surface area contributed by atoms with Crippen LogP contribution in [0.2, 0.25) is 0 Å². The summed E-state index contributed by atoms with van der Waals surface area (Å²) in [5.41, 5.74) is 3.55. The summed E-state index contributed by atoms with van der Waals surface area (Å²) in [7, 11) is 0. The fourth-order valence-corrected chi connectivity index (χ4v) is 3.74. The Balaban J connectivity index is 1.86. The van der Waals surface area contributed by atoms with Gasteiger partial charge in [0.25, 0.3) is 11.8 Å². The van der Waals surface area contributed by atoms with Crippen LogP contribution in [0.25, 0.3) is 5.76 Å². The fraction of sp³-hybridized carbons (Fsp3) is 0.276. The van der Waals surface area contributed by atoms with Crippen LogP contribution in [-0.2, 0) is 16.1 Å². The van der Waals surface area contributed by atoms with Crippen LogP contribution in [0.3, 0.4) is 0 Å². The topological polar surface area (TPSA) is 71.5 Å². The number of carbonyl (C=O) groups excluding carboxylic acids is 2.